The Balaban J connectivity index is 0.000000147. The summed E-state index contributed by atoms with van der Waals surface area (Å²) in [5, 5.41) is 9.35. The van der Waals surface area contributed by atoms with Crippen molar-refractivity contribution in [3.05, 3.63) is 299 Å². The van der Waals surface area contributed by atoms with Crippen LogP contribution < -0.4 is 29.1 Å². The van der Waals surface area contributed by atoms with Crippen molar-refractivity contribution in [1.82, 2.24) is 33.3 Å². The largest absolute Gasteiger partial charge is 4.00 e. The Morgan fingerprint density at radius 1 is 0.389 bits per heavy atom. The molecule has 440 valence electrons. The zero-order valence-corrected chi connectivity index (χ0v) is 52.8. The van der Waals surface area contributed by atoms with Gasteiger partial charge in [-0.1, -0.05) is 115 Å². The van der Waals surface area contributed by atoms with E-state index in [1.807, 2.05) is 113 Å². The number of fused-ring (bicyclic) bond motifs is 10. The van der Waals surface area contributed by atoms with Crippen molar-refractivity contribution in [1.29, 1.82) is 0 Å². The molecule has 14 aromatic rings. The second-order valence-electron chi connectivity index (χ2n) is 21.7. The normalized spacial score (nSPS) is 13.8. The number of hydrogen-bond donors (Lipinski definition) is 0. The Kier molecular flexibility index (Phi) is 14.3. The standard InChI is InChI=1S/C38H25N5O.C37H25N6O.2Pt/c1-39-26-41(25-38(39)43-32-15-4-2-13-30(32)31-14-3-5-16-33(31)43)27-11-10-12-29(23-27)42-34-17-6-7-18-36(34)44-37-20-19-28(24-35(37)42)40-21-8-9-22-40;1-39-25-40(24-37(39)43-31-14-4-2-12-29(31)30-13-3-5-15-32(30)43)26-18-19-36-34(23-26)42(33-16-6-7-17-35(33)44-36)28-11-8-10-27(22-28)41-21-9-20-38-41;;/h2-21,25-26H,1H3;2-21,24-25H,1H3;;/q-4;-3;;+4. The Bertz CT molecular complexity index is 4970. The van der Waals surface area contributed by atoms with Crippen LogP contribution in [0.2, 0.25) is 0 Å². The zero-order chi connectivity index (χ0) is 58.4. The SMILES string of the molecule is CN1[CH-]N(c2[c-]c(N3c4[c-]c(-n5[c-]ccc5)ccc4Oc4ccccc43)ccc2)C=C1n1c2ccccc2c2ccccc21.CN1[CH-]N(c2[c-]c3c(cc2)Oc2ccccc2N3c2[c-]c(-n3cccn3)ccc2)C=C1n1c2ccccc2c2ccccc21.[Pt+4].[Pt]. The fourth-order valence-corrected chi connectivity index (χ4v) is 12.5. The molecule has 0 atom stereocenters. The molecular formula is C75H50N11O2Pt2-3. The Morgan fingerprint density at radius 2 is 0.822 bits per heavy atom. The Labute approximate surface area is 549 Å². The van der Waals surface area contributed by atoms with Crippen LogP contribution in [0.3, 0.4) is 0 Å². The number of anilines is 8. The summed E-state index contributed by atoms with van der Waals surface area (Å²) in [6.45, 7) is 4.19. The molecule has 4 aromatic heterocycles. The molecule has 0 saturated carbocycles. The third kappa shape index (κ3) is 9.43. The molecule has 0 unspecified atom stereocenters. The Morgan fingerprint density at radius 3 is 1.31 bits per heavy atom. The summed E-state index contributed by atoms with van der Waals surface area (Å²) < 4.78 is 21.1. The van der Waals surface area contributed by atoms with Gasteiger partial charge in [-0.05, 0) is 85.8 Å². The smallest absolute Gasteiger partial charge is 0.513 e. The van der Waals surface area contributed by atoms with E-state index >= 15 is 0 Å². The van der Waals surface area contributed by atoms with Crippen molar-refractivity contribution >= 4 is 101 Å². The van der Waals surface area contributed by atoms with Gasteiger partial charge in [0.2, 0.25) is 0 Å². The fraction of sp³-hybridized carbons (Fsp3) is 0.0267. The van der Waals surface area contributed by atoms with Crippen LogP contribution in [0.5, 0.6) is 23.0 Å². The fourth-order valence-electron chi connectivity index (χ4n) is 12.5. The first-order valence-electron chi connectivity index (χ1n) is 29.0. The van der Waals surface area contributed by atoms with Gasteiger partial charge in [-0.2, -0.15) is 54.5 Å². The van der Waals surface area contributed by atoms with Crippen molar-refractivity contribution in [2.75, 3.05) is 33.7 Å². The monoisotopic (exact) mass is 1530 g/mol. The summed E-state index contributed by atoms with van der Waals surface area (Å²) >= 11 is 0. The number of para-hydroxylation sites is 8. The van der Waals surface area contributed by atoms with E-state index in [0.29, 0.717) is 0 Å². The summed E-state index contributed by atoms with van der Waals surface area (Å²) in [6, 6.07) is 91.0. The molecule has 0 N–H and O–H groups in total. The molecule has 0 aliphatic carbocycles. The molecule has 13 nitrogen and oxygen atoms in total. The van der Waals surface area contributed by atoms with Gasteiger partial charge in [-0.25, -0.2) is 0 Å². The van der Waals surface area contributed by atoms with E-state index in [4.69, 9.17) is 9.47 Å². The van der Waals surface area contributed by atoms with E-state index in [2.05, 4.69) is 247 Å². The van der Waals surface area contributed by atoms with E-state index in [0.717, 1.165) is 91.5 Å². The number of hydrogen-bond acceptors (Lipinski definition) is 9. The molecule has 4 aliphatic rings. The molecule has 4 aliphatic heterocycles. The van der Waals surface area contributed by atoms with Crippen LogP contribution in [0.4, 0.5) is 45.5 Å². The maximum Gasteiger partial charge on any atom is 4.00 e. The van der Waals surface area contributed by atoms with Gasteiger partial charge in [0, 0.05) is 78.9 Å². The number of rotatable bonds is 8. The minimum absolute atomic E-state index is 0. The maximum atomic E-state index is 6.38. The van der Waals surface area contributed by atoms with Gasteiger partial charge < -0.3 is 43.4 Å². The molecule has 0 fully saturated rings. The van der Waals surface area contributed by atoms with E-state index in [1.54, 1.807) is 6.20 Å². The summed E-state index contributed by atoms with van der Waals surface area (Å²) in [6.07, 6.45) is 13.2. The molecule has 0 spiro atoms. The molecule has 0 saturated heterocycles. The predicted molar refractivity (Wildman–Crippen MR) is 350 cm³/mol. The van der Waals surface area contributed by atoms with Gasteiger partial charge in [-0.15, -0.1) is 84.3 Å². The number of nitrogens with zero attached hydrogens (tertiary/aromatic N) is 11. The second kappa shape index (κ2) is 22.9. The summed E-state index contributed by atoms with van der Waals surface area (Å²) in [5.74, 6) is 5.13. The average Bonchev–Trinajstić information content (AvgIpc) is 1.61. The number of benzene rings is 10. The van der Waals surface area contributed by atoms with Crippen LogP contribution >= 0.6 is 0 Å². The average molecular weight is 1530 g/mol. The summed E-state index contributed by atoms with van der Waals surface area (Å²) in [4.78, 5) is 12.9. The van der Waals surface area contributed by atoms with Gasteiger partial charge in [0.25, 0.3) is 0 Å². The molecule has 18 rings (SSSR count). The van der Waals surface area contributed by atoms with Crippen LogP contribution in [0.1, 0.15) is 0 Å². The molecule has 10 aromatic carbocycles. The third-order valence-electron chi connectivity index (χ3n) is 16.4. The third-order valence-corrected chi connectivity index (χ3v) is 16.4. The van der Waals surface area contributed by atoms with Crippen LogP contribution in [-0.4, -0.2) is 47.4 Å². The predicted octanol–water partition coefficient (Wildman–Crippen LogP) is 17.4. The van der Waals surface area contributed by atoms with E-state index < -0.39 is 0 Å². The van der Waals surface area contributed by atoms with E-state index in [1.165, 1.54) is 43.6 Å². The van der Waals surface area contributed by atoms with Crippen molar-refractivity contribution in [2.24, 2.45) is 0 Å². The molecule has 8 heterocycles. The maximum absolute atomic E-state index is 6.38. The molecule has 0 amide bonds. The van der Waals surface area contributed by atoms with Crippen molar-refractivity contribution in [3.8, 4) is 34.4 Å². The van der Waals surface area contributed by atoms with Crippen LogP contribution in [0, 0.1) is 43.8 Å². The van der Waals surface area contributed by atoms with Gasteiger partial charge in [0.1, 0.15) is 11.5 Å². The molecule has 15 heteroatoms. The topological polar surface area (TPSA) is 70.5 Å². The van der Waals surface area contributed by atoms with Crippen molar-refractivity contribution in [3.63, 3.8) is 0 Å². The quantitative estimate of drug-likeness (QED) is 0.138. The first-order chi connectivity index (χ1) is 43.5. The summed E-state index contributed by atoms with van der Waals surface area (Å²) in [5.41, 5.74) is 13.5. The second-order valence-corrected chi connectivity index (χ2v) is 21.7. The molecular weight excluding hydrogens is 1480 g/mol. The van der Waals surface area contributed by atoms with E-state index in [9.17, 15) is 0 Å². The minimum atomic E-state index is 0. The number of ether oxygens (including phenoxy) is 2. The number of aromatic nitrogens is 5. The van der Waals surface area contributed by atoms with Crippen molar-refractivity contribution < 1.29 is 51.6 Å². The van der Waals surface area contributed by atoms with Gasteiger partial charge in [0.15, 0.2) is 0 Å². The summed E-state index contributed by atoms with van der Waals surface area (Å²) in [7, 11) is 4.16. The van der Waals surface area contributed by atoms with Crippen LogP contribution in [-0.2, 0) is 42.1 Å². The molecule has 90 heavy (non-hydrogen) atoms. The first-order valence-corrected chi connectivity index (χ1v) is 29.0. The van der Waals surface area contributed by atoms with Gasteiger partial charge >= 0.3 is 21.1 Å². The van der Waals surface area contributed by atoms with E-state index in [-0.39, 0.29) is 42.1 Å². The van der Waals surface area contributed by atoms with Crippen LogP contribution in [0.25, 0.3) is 66.6 Å². The zero-order valence-electron chi connectivity index (χ0n) is 48.3. The van der Waals surface area contributed by atoms with Crippen molar-refractivity contribution in [2.45, 2.75) is 0 Å². The minimum Gasteiger partial charge on any atom is -0.513 e. The van der Waals surface area contributed by atoms with Gasteiger partial charge in [0.05, 0.1) is 45.1 Å². The molecule has 0 bridgehead atoms. The van der Waals surface area contributed by atoms with Gasteiger partial charge in [-0.3, -0.25) is 13.8 Å². The molecule has 0 radical (unpaired) electrons. The van der Waals surface area contributed by atoms with Crippen LogP contribution in [0.15, 0.2) is 255 Å². The first kappa shape index (κ1) is 56.1. The Hall–Kier alpha value is -10.5.